The first kappa shape index (κ1) is 9.71. The zero-order chi connectivity index (χ0) is 10.2. The van der Waals surface area contributed by atoms with Gasteiger partial charge in [0.2, 0.25) is 5.89 Å². The van der Waals surface area contributed by atoms with Gasteiger partial charge in [-0.05, 0) is 26.7 Å². The molecule has 2 N–H and O–H groups in total. The fraction of sp³-hybridized carbons (Fsp3) is 0.727. The van der Waals surface area contributed by atoms with Gasteiger partial charge in [-0.2, -0.15) is 0 Å². The van der Waals surface area contributed by atoms with Gasteiger partial charge < -0.3 is 10.2 Å². The van der Waals surface area contributed by atoms with Crippen molar-refractivity contribution < 1.29 is 4.42 Å². The lowest BCUT2D eigenvalue weighted by atomic mass is 9.82. The van der Waals surface area contributed by atoms with Crippen LogP contribution in [0.25, 0.3) is 0 Å². The first-order valence-electron chi connectivity index (χ1n) is 5.35. The molecular weight excluding hydrogens is 176 g/mol. The van der Waals surface area contributed by atoms with Gasteiger partial charge in [0.1, 0.15) is 5.76 Å². The van der Waals surface area contributed by atoms with E-state index in [0.717, 1.165) is 30.2 Å². The van der Waals surface area contributed by atoms with Crippen molar-refractivity contribution in [2.75, 3.05) is 0 Å². The van der Waals surface area contributed by atoms with E-state index in [2.05, 4.69) is 4.98 Å². The minimum atomic E-state index is -0.294. The third-order valence-corrected chi connectivity index (χ3v) is 3.20. The Bertz CT molecular complexity index is 305. The molecule has 0 aliphatic heterocycles. The largest absolute Gasteiger partial charge is 0.444 e. The van der Waals surface area contributed by atoms with Crippen molar-refractivity contribution in [2.24, 2.45) is 5.73 Å². The Balaban J connectivity index is 2.28. The zero-order valence-corrected chi connectivity index (χ0v) is 8.97. The summed E-state index contributed by atoms with van der Waals surface area (Å²) in [4.78, 5) is 4.41. The Hall–Kier alpha value is -0.830. The molecule has 0 radical (unpaired) electrons. The van der Waals surface area contributed by atoms with E-state index in [1.165, 1.54) is 19.3 Å². The van der Waals surface area contributed by atoms with E-state index < -0.39 is 0 Å². The van der Waals surface area contributed by atoms with Crippen LogP contribution < -0.4 is 5.73 Å². The van der Waals surface area contributed by atoms with Gasteiger partial charge in [0.25, 0.3) is 0 Å². The lowest BCUT2D eigenvalue weighted by Gasteiger charge is -2.29. The van der Waals surface area contributed by atoms with E-state index in [1.807, 2.05) is 13.8 Å². The minimum absolute atomic E-state index is 0.294. The number of aryl methyl sites for hydroxylation is 2. The molecule has 0 saturated heterocycles. The fourth-order valence-corrected chi connectivity index (χ4v) is 2.08. The molecular formula is C11H18N2O. The van der Waals surface area contributed by atoms with Crippen molar-refractivity contribution >= 4 is 0 Å². The predicted octanol–water partition coefficient (Wildman–Crippen LogP) is 2.41. The second-order valence-corrected chi connectivity index (χ2v) is 4.38. The second-order valence-electron chi connectivity index (χ2n) is 4.38. The van der Waals surface area contributed by atoms with E-state index in [1.54, 1.807) is 0 Å². The van der Waals surface area contributed by atoms with E-state index >= 15 is 0 Å². The summed E-state index contributed by atoms with van der Waals surface area (Å²) in [5.41, 5.74) is 6.98. The molecule has 1 saturated carbocycles. The maximum Gasteiger partial charge on any atom is 0.214 e. The highest BCUT2D eigenvalue weighted by atomic mass is 16.4. The second kappa shape index (κ2) is 3.39. The summed E-state index contributed by atoms with van der Waals surface area (Å²) < 4.78 is 5.62. The van der Waals surface area contributed by atoms with Crippen molar-refractivity contribution in [1.82, 2.24) is 4.98 Å². The molecule has 3 nitrogen and oxygen atoms in total. The molecule has 0 bridgehead atoms. The number of hydrogen-bond donors (Lipinski definition) is 1. The van der Waals surface area contributed by atoms with Crippen LogP contribution in [-0.2, 0) is 5.54 Å². The summed E-state index contributed by atoms with van der Waals surface area (Å²) in [5.74, 6) is 1.64. The average molecular weight is 194 g/mol. The summed E-state index contributed by atoms with van der Waals surface area (Å²) in [7, 11) is 0. The first-order chi connectivity index (χ1) is 6.62. The van der Waals surface area contributed by atoms with Crippen LogP contribution in [0, 0.1) is 13.8 Å². The van der Waals surface area contributed by atoms with Gasteiger partial charge in [-0.3, -0.25) is 0 Å². The van der Waals surface area contributed by atoms with Crippen LogP contribution in [0.4, 0.5) is 0 Å². The molecule has 1 aromatic heterocycles. The van der Waals surface area contributed by atoms with Crippen molar-refractivity contribution in [2.45, 2.75) is 51.5 Å². The predicted molar refractivity (Wildman–Crippen MR) is 54.9 cm³/mol. The van der Waals surface area contributed by atoms with Gasteiger partial charge >= 0.3 is 0 Å². The molecule has 1 aromatic rings. The van der Waals surface area contributed by atoms with E-state index in [-0.39, 0.29) is 5.54 Å². The minimum Gasteiger partial charge on any atom is -0.444 e. The number of nitrogens with zero attached hydrogens (tertiary/aromatic N) is 1. The van der Waals surface area contributed by atoms with E-state index in [4.69, 9.17) is 10.2 Å². The molecule has 0 amide bonds. The van der Waals surface area contributed by atoms with Gasteiger partial charge in [-0.25, -0.2) is 4.98 Å². The molecule has 1 heterocycles. The molecule has 2 rings (SSSR count). The monoisotopic (exact) mass is 194 g/mol. The van der Waals surface area contributed by atoms with E-state index in [9.17, 15) is 0 Å². The van der Waals surface area contributed by atoms with Gasteiger partial charge in [0.15, 0.2) is 0 Å². The normalized spacial score (nSPS) is 21.1. The maximum absolute atomic E-state index is 6.31. The van der Waals surface area contributed by atoms with Crippen LogP contribution in [0.5, 0.6) is 0 Å². The number of oxazole rings is 1. The quantitative estimate of drug-likeness (QED) is 0.747. The van der Waals surface area contributed by atoms with Crippen molar-refractivity contribution in [3.63, 3.8) is 0 Å². The van der Waals surface area contributed by atoms with Crippen LogP contribution in [0.3, 0.4) is 0 Å². The zero-order valence-electron chi connectivity index (χ0n) is 8.97. The first-order valence-corrected chi connectivity index (χ1v) is 5.35. The molecule has 3 heteroatoms. The average Bonchev–Trinajstić information content (AvgIpc) is 2.49. The Morgan fingerprint density at radius 1 is 1.21 bits per heavy atom. The van der Waals surface area contributed by atoms with E-state index in [0.29, 0.717) is 0 Å². The summed E-state index contributed by atoms with van der Waals surface area (Å²) in [6, 6.07) is 0. The number of aromatic nitrogens is 1. The molecule has 1 aliphatic rings. The summed E-state index contributed by atoms with van der Waals surface area (Å²) in [5, 5.41) is 0. The lowest BCUT2D eigenvalue weighted by molar-refractivity contribution is 0.239. The SMILES string of the molecule is Cc1nc(C2(N)CCCCC2)oc1C. The number of nitrogens with two attached hydrogens (primary N) is 1. The molecule has 0 unspecified atom stereocenters. The third-order valence-electron chi connectivity index (χ3n) is 3.20. The summed E-state index contributed by atoms with van der Waals surface area (Å²) in [6.45, 7) is 3.91. The fourth-order valence-electron chi connectivity index (χ4n) is 2.08. The summed E-state index contributed by atoms with van der Waals surface area (Å²) >= 11 is 0. The van der Waals surface area contributed by atoms with Gasteiger partial charge in [0, 0.05) is 0 Å². The molecule has 78 valence electrons. The van der Waals surface area contributed by atoms with Crippen LogP contribution in [0.2, 0.25) is 0 Å². The van der Waals surface area contributed by atoms with Gasteiger partial charge in [-0.1, -0.05) is 19.3 Å². The molecule has 14 heavy (non-hydrogen) atoms. The van der Waals surface area contributed by atoms with Crippen molar-refractivity contribution in [3.8, 4) is 0 Å². The third kappa shape index (κ3) is 1.57. The molecule has 0 aromatic carbocycles. The molecule has 1 fully saturated rings. The summed E-state index contributed by atoms with van der Waals surface area (Å²) in [6.07, 6.45) is 5.68. The Morgan fingerprint density at radius 3 is 2.36 bits per heavy atom. The van der Waals surface area contributed by atoms with Crippen molar-refractivity contribution in [3.05, 3.63) is 17.3 Å². The molecule has 0 atom stereocenters. The Kier molecular flexibility index (Phi) is 2.35. The van der Waals surface area contributed by atoms with Crippen LogP contribution in [0.1, 0.15) is 49.4 Å². The molecule has 1 aliphatic carbocycles. The van der Waals surface area contributed by atoms with Gasteiger partial charge in [0.05, 0.1) is 11.2 Å². The van der Waals surface area contributed by atoms with Gasteiger partial charge in [-0.15, -0.1) is 0 Å². The highest BCUT2D eigenvalue weighted by molar-refractivity contribution is 5.12. The standard InChI is InChI=1S/C11H18N2O/c1-8-9(2)14-10(13-8)11(12)6-4-3-5-7-11/h3-7,12H2,1-2H3. The number of rotatable bonds is 1. The smallest absolute Gasteiger partial charge is 0.214 e. The number of hydrogen-bond acceptors (Lipinski definition) is 3. The molecule has 0 spiro atoms. The Morgan fingerprint density at radius 2 is 1.86 bits per heavy atom. The van der Waals surface area contributed by atoms with Crippen LogP contribution >= 0.6 is 0 Å². The van der Waals surface area contributed by atoms with Crippen LogP contribution in [-0.4, -0.2) is 4.98 Å². The van der Waals surface area contributed by atoms with Crippen LogP contribution in [0.15, 0.2) is 4.42 Å². The highest BCUT2D eigenvalue weighted by Gasteiger charge is 2.34. The Labute approximate surface area is 84.7 Å². The highest BCUT2D eigenvalue weighted by Crippen LogP contribution is 2.34. The maximum atomic E-state index is 6.31. The lowest BCUT2D eigenvalue weighted by Crippen LogP contribution is -2.38. The van der Waals surface area contributed by atoms with Crippen molar-refractivity contribution in [1.29, 1.82) is 0 Å². The topological polar surface area (TPSA) is 52.0 Å².